The molecule has 0 aliphatic heterocycles. The van der Waals surface area contributed by atoms with Crippen molar-refractivity contribution in [2.45, 2.75) is 6.18 Å². The van der Waals surface area contributed by atoms with Gasteiger partial charge < -0.3 is 0 Å². The Morgan fingerprint density at radius 2 is 1.88 bits per heavy atom. The third-order valence-electron chi connectivity index (χ3n) is 0.449. The maximum atomic E-state index is 11.2. The highest BCUT2D eigenvalue weighted by Crippen LogP contribution is 2.14. The van der Waals surface area contributed by atoms with Crippen molar-refractivity contribution in [2.24, 2.45) is 0 Å². The van der Waals surface area contributed by atoms with Crippen LogP contribution in [0.25, 0.3) is 0 Å². The Morgan fingerprint density at radius 3 is 1.88 bits per heavy atom. The molecule has 1 radical (unpaired) electrons. The summed E-state index contributed by atoms with van der Waals surface area (Å²) < 4.78 is 33.7. The SMILES string of the molecule is [CH2]N(C)CC(F)(F)F. The van der Waals surface area contributed by atoms with Gasteiger partial charge in [-0.3, -0.25) is 4.90 Å². The lowest BCUT2D eigenvalue weighted by Gasteiger charge is -2.11. The lowest BCUT2D eigenvalue weighted by atomic mass is 10.6. The summed E-state index contributed by atoms with van der Waals surface area (Å²) in [5, 5.41) is 0. The highest BCUT2D eigenvalue weighted by molar-refractivity contribution is 4.55. The zero-order valence-electron chi connectivity index (χ0n) is 4.50. The first-order chi connectivity index (χ1) is 3.42. The molecule has 0 aromatic heterocycles. The van der Waals surface area contributed by atoms with Crippen molar-refractivity contribution in [3.63, 3.8) is 0 Å². The molecule has 0 aliphatic rings. The maximum Gasteiger partial charge on any atom is 0.401 e. The van der Waals surface area contributed by atoms with Crippen molar-refractivity contribution in [2.75, 3.05) is 13.6 Å². The van der Waals surface area contributed by atoms with Crippen LogP contribution < -0.4 is 0 Å². The lowest BCUT2D eigenvalue weighted by molar-refractivity contribution is -0.138. The largest absolute Gasteiger partial charge is 0.401 e. The van der Waals surface area contributed by atoms with E-state index in [4.69, 9.17) is 0 Å². The number of hydrogen-bond acceptors (Lipinski definition) is 1. The molecule has 0 bridgehead atoms. The molecule has 1 nitrogen and oxygen atoms in total. The molecular weight excluding hydrogens is 119 g/mol. The summed E-state index contributed by atoms with van der Waals surface area (Å²) in [5.41, 5.74) is 0. The third-order valence-corrected chi connectivity index (χ3v) is 0.449. The molecule has 0 heterocycles. The van der Waals surface area contributed by atoms with Gasteiger partial charge in [0.1, 0.15) is 0 Å². The molecule has 0 aromatic rings. The summed E-state index contributed by atoms with van der Waals surface area (Å²) >= 11 is 0. The minimum atomic E-state index is -4.11. The van der Waals surface area contributed by atoms with Crippen LogP contribution in [0.2, 0.25) is 0 Å². The molecule has 4 heteroatoms. The molecule has 0 N–H and O–H groups in total. The van der Waals surface area contributed by atoms with Crippen LogP contribution in [-0.4, -0.2) is 24.7 Å². The topological polar surface area (TPSA) is 3.24 Å². The second-order valence-corrected chi connectivity index (χ2v) is 1.63. The zero-order valence-corrected chi connectivity index (χ0v) is 4.50. The number of nitrogens with zero attached hydrogens (tertiary/aromatic N) is 1. The van der Waals surface area contributed by atoms with Crippen LogP contribution in [0, 0.1) is 7.05 Å². The number of rotatable bonds is 1. The normalized spacial score (nSPS) is 12.8. The second-order valence-electron chi connectivity index (χ2n) is 1.63. The molecule has 0 saturated heterocycles. The summed E-state index contributed by atoms with van der Waals surface area (Å²) in [6, 6.07) is 0. The predicted molar refractivity (Wildman–Crippen MR) is 24.0 cm³/mol. The molecule has 0 saturated carbocycles. The molecule has 0 unspecified atom stereocenters. The summed E-state index contributed by atoms with van der Waals surface area (Å²) in [4.78, 5) is 0.833. The molecule has 0 spiro atoms. The van der Waals surface area contributed by atoms with Crippen LogP contribution in [0.15, 0.2) is 0 Å². The van der Waals surface area contributed by atoms with E-state index >= 15 is 0 Å². The van der Waals surface area contributed by atoms with Crippen molar-refractivity contribution in [1.82, 2.24) is 4.90 Å². The van der Waals surface area contributed by atoms with Crippen LogP contribution in [0.5, 0.6) is 0 Å². The fourth-order valence-electron chi connectivity index (χ4n) is 0.306. The van der Waals surface area contributed by atoms with Crippen LogP contribution in [-0.2, 0) is 0 Å². The smallest absolute Gasteiger partial charge is 0.297 e. The van der Waals surface area contributed by atoms with Gasteiger partial charge in [0.25, 0.3) is 0 Å². The van der Waals surface area contributed by atoms with Gasteiger partial charge in [0.2, 0.25) is 0 Å². The van der Waals surface area contributed by atoms with Gasteiger partial charge in [-0.15, -0.1) is 0 Å². The fraction of sp³-hybridized carbons (Fsp3) is 0.750. The Labute approximate surface area is 46.1 Å². The van der Waals surface area contributed by atoms with E-state index < -0.39 is 12.7 Å². The molecule has 49 valence electrons. The Kier molecular flexibility index (Phi) is 2.27. The summed E-state index contributed by atoms with van der Waals surface area (Å²) in [6.45, 7) is -0.951. The molecule has 0 atom stereocenters. The summed E-state index contributed by atoms with van der Waals surface area (Å²) in [7, 11) is 4.31. The van der Waals surface area contributed by atoms with Crippen molar-refractivity contribution in [1.29, 1.82) is 0 Å². The van der Waals surface area contributed by atoms with E-state index in [9.17, 15) is 13.2 Å². The van der Waals surface area contributed by atoms with Crippen molar-refractivity contribution < 1.29 is 13.2 Å². The molecule has 0 fully saturated rings. The first kappa shape index (κ1) is 7.75. The highest BCUT2D eigenvalue weighted by atomic mass is 19.4. The van der Waals surface area contributed by atoms with Gasteiger partial charge in [-0.1, -0.05) is 0 Å². The molecule has 0 aliphatic carbocycles. The number of halogens is 3. The summed E-state index contributed by atoms with van der Waals surface area (Å²) in [5.74, 6) is 0. The van der Waals surface area contributed by atoms with Crippen LogP contribution >= 0.6 is 0 Å². The van der Waals surface area contributed by atoms with Crippen LogP contribution in [0.4, 0.5) is 13.2 Å². The zero-order chi connectivity index (χ0) is 6.78. The highest BCUT2D eigenvalue weighted by Gasteiger charge is 2.27. The average molecular weight is 126 g/mol. The van der Waals surface area contributed by atoms with Gasteiger partial charge >= 0.3 is 6.18 Å². The predicted octanol–water partition coefficient (Wildman–Crippen LogP) is 1.27. The van der Waals surface area contributed by atoms with E-state index in [0.717, 1.165) is 4.90 Å². The lowest BCUT2D eigenvalue weighted by Crippen LogP contribution is -2.25. The van der Waals surface area contributed by atoms with Crippen molar-refractivity contribution in [3.8, 4) is 0 Å². The minimum Gasteiger partial charge on any atom is -0.297 e. The maximum absolute atomic E-state index is 11.2. The van der Waals surface area contributed by atoms with Gasteiger partial charge in [0, 0.05) is 7.05 Å². The standard InChI is InChI=1S/C4H7F3N/c1-8(2)3-4(5,6)7/h1,3H2,2H3. The Balaban J connectivity index is 3.39. The van der Waals surface area contributed by atoms with Gasteiger partial charge in [0.15, 0.2) is 0 Å². The Hall–Kier alpha value is -0.250. The van der Waals surface area contributed by atoms with Gasteiger partial charge in [-0.2, -0.15) is 13.2 Å². The molecule has 0 rings (SSSR count). The van der Waals surface area contributed by atoms with Gasteiger partial charge in [0.05, 0.1) is 6.54 Å². The Bertz CT molecular complexity index is 66.2. The van der Waals surface area contributed by atoms with Gasteiger partial charge in [-0.05, 0) is 7.05 Å². The minimum absolute atomic E-state index is 0.833. The van der Waals surface area contributed by atoms with E-state index in [0.29, 0.717) is 0 Å². The van der Waals surface area contributed by atoms with E-state index in [1.807, 2.05) is 0 Å². The van der Waals surface area contributed by atoms with E-state index in [1.165, 1.54) is 7.05 Å². The average Bonchev–Trinajstić information content (AvgIpc) is 1.21. The van der Waals surface area contributed by atoms with E-state index in [2.05, 4.69) is 7.05 Å². The number of alkyl halides is 3. The first-order valence-electron chi connectivity index (χ1n) is 2.00. The van der Waals surface area contributed by atoms with E-state index in [1.54, 1.807) is 0 Å². The van der Waals surface area contributed by atoms with Crippen molar-refractivity contribution >= 4 is 0 Å². The second kappa shape index (κ2) is 2.35. The first-order valence-corrected chi connectivity index (χ1v) is 2.00. The van der Waals surface area contributed by atoms with E-state index in [-0.39, 0.29) is 0 Å². The third kappa shape index (κ3) is 5.75. The van der Waals surface area contributed by atoms with Crippen molar-refractivity contribution in [3.05, 3.63) is 7.05 Å². The quantitative estimate of drug-likeness (QED) is 0.511. The van der Waals surface area contributed by atoms with Crippen LogP contribution in [0.1, 0.15) is 0 Å². The molecule has 0 aromatic carbocycles. The summed E-state index contributed by atoms with van der Waals surface area (Å²) in [6.07, 6.45) is -4.11. The molecular formula is C4H7F3N. The van der Waals surface area contributed by atoms with Crippen LogP contribution in [0.3, 0.4) is 0 Å². The molecule has 0 amide bonds. The monoisotopic (exact) mass is 126 g/mol. The molecule has 8 heavy (non-hydrogen) atoms. The van der Waals surface area contributed by atoms with Gasteiger partial charge in [-0.25, -0.2) is 0 Å². The Morgan fingerprint density at radius 1 is 1.50 bits per heavy atom. The number of hydrogen-bond donors (Lipinski definition) is 0. The fourth-order valence-corrected chi connectivity index (χ4v) is 0.306.